The highest BCUT2D eigenvalue weighted by Crippen LogP contribution is 2.37. The maximum Gasteiger partial charge on any atom is 0.159 e. The molecule has 0 amide bonds. The predicted octanol–water partition coefficient (Wildman–Crippen LogP) is 7.42. The Hall–Kier alpha value is -2.43. The van der Waals surface area contributed by atoms with Gasteiger partial charge in [0.15, 0.2) is 11.6 Å². The van der Waals surface area contributed by atoms with Crippen molar-refractivity contribution in [1.29, 1.82) is 0 Å². The van der Waals surface area contributed by atoms with E-state index in [0.717, 1.165) is 36.6 Å². The third-order valence-corrected chi connectivity index (χ3v) is 5.08. The van der Waals surface area contributed by atoms with Crippen LogP contribution in [0, 0.1) is 36.1 Å². The second-order valence-corrected chi connectivity index (χ2v) is 7.39. The van der Waals surface area contributed by atoms with E-state index in [4.69, 9.17) is 0 Å². The Labute approximate surface area is 162 Å². The first-order valence-corrected chi connectivity index (χ1v) is 8.99. The molecule has 0 saturated carbocycles. The highest BCUT2D eigenvalue weighted by atomic mass is 19.2. The molecule has 0 aliphatic heterocycles. The van der Waals surface area contributed by atoms with E-state index in [0.29, 0.717) is 5.92 Å². The molecule has 0 radical (unpaired) electrons. The predicted molar refractivity (Wildman–Crippen MR) is 102 cm³/mol. The zero-order valence-corrected chi connectivity index (χ0v) is 16.1. The van der Waals surface area contributed by atoms with E-state index in [1.54, 1.807) is 0 Å². The number of benzene rings is 2. The second kappa shape index (κ2) is 8.72. The minimum atomic E-state index is -1.07. The first-order chi connectivity index (χ1) is 13.0. The van der Waals surface area contributed by atoms with Crippen molar-refractivity contribution in [2.24, 2.45) is 5.92 Å². The Bertz CT molecular complexity index is 877. The maximum absolute atomic E-state index is 13.6. The van der Waals surface area contributed by atoms with Crippen LogP contribution in [0.5, 0.6) is 0 Å². The molecule has 0 aromatic heterocycles. The van der Waals surface area contributed by atoms with Crippen molar-refractivity contribution in [3.05, 3.63) is 89.0 Å². The summed E-state index contributed by atoms with van der Waals surface area (Å²) in [6.07, 6.45) is 6.22. The van der Waals surface area contributed by atoms with E-state index < -0.39 is 29.1 Å². The Morgan fingerprint density at radius 1 is 1.00 bits per heavy atom. The maximum atomic E-state index is 13.6. The molecule has 1 aliphatic carbocycles. The van der Waals surface area contributed by atoms with Gasteiger partial charge < -0.3 is 0 Å². The number of hydrogen-bond donors (Lipinski definition) is 0. The van der Waals surface area contributed by atoms with Crippen LogP contribution in [0.1, 0.15) is 43.4 Å². The number of rotatable bonds is 2. The van der Waals surface area contributed by atoms with Gasteiger partial charge in [-0.15, -0.1) is 0 Å². The van der Waals surface area contributed by atoms with Crippen LogP contribution in [0.2, 0.25) is 0 Å². The highest BCUT2D eigenvalue weighted by Gasteiger charge is 2.28. The third kappa shape index (κ3) is 5.09. The fourth-order valence-corrected chi connectivity index (χ4v) is 2.96. The van der Waals surface area contributed by atoms with Crippen LogP contribution in [0.4, 0.5) is 22.0 Å². The molecule has 0 nitrogen and oxygen atoms in total. The number of hydrogen-bond acceptors (Lipinski definition) is 0. The lowest BCUT2D eigenvalue weighted by Gasteiger charge is -2.32. The SMILES string of the molecule is C=C(F)c1ccc(F)c(F)c1.Cc1c(F)cc([C@]2(C)C=CC(C)CC2)cc1F. The molecule has 0 spiro atoms. The van der Waals surface area contributed by atoms with Crippen LogP contribution >= 0.6 is 0 Å². The Morgan fingerprint density at radius 3 is 2.07 bits per heavy atom. The van der Waals surface area contributed by atoms with Crippen LogP contribution in [0.15, 0.2) is 49.1 Å². The number of halogens is 5. The summed E-state index contributed by atoms with van der Waals surface area (Å²) in [7, 11) is 0. The molecule has 0 saturated heterocycles. The zero-order valence-electron chi connectivity index (χ0n) is 16.1. The van der Waals surface area contributed by atoms with Gasteiger partial charge in [0.1, 0.15) is 17.5 Å². The molecule has 2 atom stereocenters. The third-order valence-electron chi connectivity index (χ3n) is 5.08. The standard InChI is InChI=1S/C15H18F2.C8H5F3/c1-10-4-6-15(3,7-5-10)12-8-13(16)11(2)14(17)9-12;1-5(9)6-2-3-7(10)8(11)4-6/h4,6,8-10H,5,7H2,1-3H3;2-4H,1H2/t10?,15-;/m1./s1. The van der Waals surface area contributed by atoms with Gasteiger partial charge in [-0.05, 0) is 61.6 Å². The molecule has 1 aliphatic rings. The van der Waals surface area contributed by atoms with Gasteiger partial charge in [-0.2, -0.15) is 0 Å². The molecule has 2 aromatic rings. The summed E-state index contributed by atoms with van der Waals surface area (Å²) >= 11 is 0. The van der Waals surface area contributed by atoms with Crippen LogP contribution in [0.3, 0.4) is 0 Å². The van der Waals surface area contributed by atoms with Crippen LogP contribution < -0.4 is 0 Å². The van der Waals surface area contributed by atoms with Gasteiger partial charge in [-0.1, -0.05) is 32.6 Å². The molecule has 0 fully saturated rings. The van der Waals surface area contributed by atoms with Crippen LogP contribution in [0.25, 0.3) is 5.83 Å². The first-order valence-electron chi connectivity index (χ1n) is 8.99. The number of allylic oxidation sites excluding steroid dienone is 2. The molecule has 1 unspecified atom stereocenters. The lowest BCUT2D eigenvalue weighted by Crippen LogP contribution is -2.24. The quantitative estimate of drug-likeness (QED) is 0.367. The van der Waals surface area contributed by atoms with Gasteiger partial charge >= 0.3 is 0 Å². The zero-order chi connectivity index (χ0) is 21.1. The van der Waals surface area contributed by atoms with Crippen LogP contribution in [-0.4, -0.2) is 0 Å². The minimum Gasteiger partial charge on any atom is -0.207 e. The normalized spacial score (nSPS) is 21.1. The molecule has 5 heteroatoms. The average Bonchev–Trinajstić information content (AvgIpc) is 2.64. The molecule has 0 N–H and O–H groups in total. The molecular formula is C23H23F5. The van der Waals surface area contributed by atoms with Gasteiger partial charge in [-0.3, -0.25) is 0 Å². The average molecular weight is 394 g/mol. The smallest absolute Gasteiger partial charge is 0.159 e. The highest BCUT2D eigenvalue weighted by molar-refractivity contribution is 5.56. The topological polar surface area (TPSA) is 0 Å². The first kappa shape index (κ1) is 21.9. The van der Waals surface area contributed by atoms with Crippen molar-refractivity contribution in [2.45, 2.75) is 39.0 Å². The van der Waals surface area contributed by atoms with Gasteiger partial charge in [-0.25, -0.2) is 22.0 Å². The molecule has 3 rings (SSSR count). The Morgan fingerprint density at radius 2 is 1.61 bits per heavy atom. The van der Waals surface area contributed by atoms with Crippen molar-refractivity contribution >= 4 is 5.83 Å². The molecule has 0 heterocycles. The van der Waals surface area contributed by atoms with Gasteiger partial charge in [0.25, 0.3) is 0 Å². The van der Waals surface area contributed by atoms with Gasteiger partial charge in [0.2, 0.25) is 0 Å². The van der Waals surface area contributed by atoms with Crippen molar-refractivity contribution in [3.63, 3.8) is 0 Å². The van der Waals surface area contributed by atoms with E-state index in [1.165, 1.54) is 19.1 Å². The summed E-state index contributed by atoms with van der Waals surface area (Å²) in [5.74, 6) is -3.18. The Kier molecular flexibility index (Phi) is 6.81. The van der Waals surface area contributed by atoms with E-state index in [9.17, 15) is 22.0 Å². The summed E-state index contributed by atoms with van der Waals surface area (Å²) in [5, 5.41) is 0. The lowest BCUT2D eigenvalue weighted by molar-refractivity contribution is 0.436. The van der Waals surface area contributed by atoms with Crippen molar-refractivity contribution in [1.82, 2.24) is 0 Å². The van der Waals surface area contributed by atoms with Crippen LogP contribution in [-0.2, 0) is 5.41 Å². The molecule has 28 heavy (non-hydrogen) atoms. The van der Waals surface area contributed by atoms with E-state index in [2.05, 4.69) is 25.7 Å². The van der Waals surface area contributed by atoms with E-state index in [1.807, 2.05) is 6.92 Å². The minimum absolute atomic E-state index is 0.0381. The van der Waals surface area contributed by atoms with E-state index in [-0.39, 0.29) is 16.5 Å². The summed E-state index contributed by atoms with van der Waals surface area (Å²) in [6, 6.07) is 5.69. The molecule has 150 valence electrons. The summed E-state index contributed by atoms with van der Waals surface area (Å²) in [5.41, 5.74) is 0.567. The molecular weight excluding hydrogens is 371 g/mol. The second-order valence-electron chi connectivity index (χ2n) is 7.39. The summed E-state index contributed by atoms with van der Waals surface area (Å²) in [6.45, 7) is 8.61. The molecule has 2 aromatic carbocycles. The summed E-state index contributed by atoms with van der Waals surface area (Å²) < 4.78 is 64.0. The Balaban J connectivity index is 0.000000221. The van der Waals surface area contributed by atoms with Crippen molar-refractivity contribution in [3.8, 4) is 0 Å². The summed E-state index contributed by atoms with van der Waals surface area (Å²) in [4.78, 5) is 0. The van der Waals surface area contributed by atoms with Gasteiger partial charge in [0, 0.05) is 16.5 Å². The molecule has 0 bridgehead atoms. The largest absolute Gasteiger partial charge is 0.207 e. The van der Waals surface area contributed by atoms with Gasteiger partial charge in [0.05, 0.1) is 0 Å². The van der Waals surface area contributed by atoms with E-state index >= 15 is 0 Å². The van der Waals surface area contributed by atoms with Crippen molar-refractivity contribution in [2.75, 3.05) is 0 Å². The monoisotopic (exact) mass is 394 g/mol. The lowest BCUT2D eigenvalue weighted by atomic mass is 9.73. The fourth-order valence-electron chi connectivity index (χ4n) is 2.96. The van der Waals surface area contributed by atoms with Crippen molar-refractivity contribution < 1.29 is 22.0 Å². The fraction of sp³-hybridized carbons (Fsp3) is 0.304.